The molecule has 0 fully saturated rings. The normalized spacial score (nSPS) is 10.8. The van der Waals surface area contributed by atoms with Gasteiger partial charge in [0.2, 0.25) is 0 Å². The molecule has 0 atom stereocenters. The number of hydrogen-bond donors (Lipinski definition) is 0. The fourth-order valence-electron chi connectivity index (χ4n) is 1.06. The zero-order valence-corrected chi connectivity index (χ0v) is 11.6. The molecule has 0 saturated heterocycles. The molecule has 0 aromatic heterocycles. The molecule has 92 valence electrons. The third-order valence-electron chi connectivity index (χ3n) is 1.77. The van der Waals surface area contributed by atoms with E-state index in [9.17, 15) is 4.79 Å². The van der Waals surface area contributed by atoms with Crippen LogP contribution in [0.25, 0.3) is 0 Å². The Kier molecular flexibility index (Phi) is 6.48. The summed E-state index contributed by atoms with van der Waals surface area (Å²) in [6, 6.07) is 5.29. The number of carbonyl (C=O) groups excluding carboxylic acids is 1. The first-order valence-corrected chi connectivity index (χ1v) is 6.78. The predicted octanol–water partition coefficient (Wildman–Crippen LogP) is 4.20. The average molecular weight is 291 g/mol. The Bertz CT molecular complexity index is 419. The van der Waals surface area contributed by atoms with Gasteiger partial charge in [-0.1, -0.05) is 29.3 Å². The van der Waals surface area contributed by atoms with E-state index >= 15 is 0 Å². The third kappa shape index (κ3) is 5.48. The van der Waals surface area contributed by atoms with Gasteiger partial charge in [0.25, 0.3) is 0 Å². The molecule has 0 heterocycles. The number of benzene rings is 1. The molecule has 2 nitrogen and oxygen atoms in total. The molecule has 17 heavy (non-hydrogen) atoms. The lowest BCUT2D eigenvalue weighted by Crippen LogP contribution is -1.98. The second-order valence-corrected chi connectivity index (χ2v) is 4.95. The summed E-state index contributed by atoms with van der Waals surface area (Å²) in [7, 11) is 0. The molecule has 0 radical (unpaired) electrons. The highest BCUT2D eigenvalue weighted by molar-refractivity contribution is 7.99. The Morgan fingerprint density at radius 2 is 2.24 bits per heavy atom. The fourth-order valence-corrected chi connectivity index (χ4v) is 2.37. The molecule has 0 aliphatic carbocycles. The fraction of sp³-hybridized carbons (Fsp3) is 0.250. The summed E-state index contributed by atoms with van der Waals surface area (Å²) in [6.07, 6.45) is 3.15. The van der Waals surface area contributed by atoms with E-state index in [1.54, 1.807) is 31.2 Å². The van der Waals surface area contributed by atoms with Crippen molar-refractivity contribution < 1.29 is 9.53 Å². The van der Waals surface area contributed by atoms with Crippen LogP contribution in [-0.4, -0.2) is 18.3 Å². The molecular formula is C12H12Cl2O2S. The maximum atomic E-state index is 11.0. The number of rotatable bonds is 5. The van der Waals surface area contributed by atoms with Crippen LogP contribution in [0.3, 0.4) is 0 Å². The molecule has 5 heteroatoms. The second-order valence-electron chi connectivity index (χ2n) is 3.04. The second kappa shape index (κ2) is 7.64. The minimum atomic E-state index is -0.328. The Labute approximate surface area is 115 Å². The number of esters is 1. The third-order valence-corrected chi connectivity index (χ3v) is 3.45. The minimum absolute atomic E-state index is 0.328. The van der Waals surface area contributed by atoms with Crippen LogP contribution in [0.2, 0.25) is 10.0 Å². The first-order chi connectivity index (χ1) is 8.13. The molecule has 0 unspecified atom stereocenters. The molecule has 1 aromatic rings. The van der Waals surface area contributed by atoms with Crippen LogP contribution in [0.5, 0.6) is 0 Å². The van der Waals surface area contributed by atoms with E-state index in [0.29, 0.717) is 22.4 Å². The topological polar surface area (TPSA) is 26.3 Å². The molecule has 0 bridgehead atoms. The summed E-state index contributed by atoms with van der Waals surface area (Å²) in [5.41, 5.74) is 0. The molecule has 0 spiro atoms. The van der Waals surface area contributed by atoms with Gasteiger partial charge in [0.1, 0.15) is 0 Å². The molecular weight excluding hydrogens is 279 g/mol. The highest BCUT2D eigenvalue weighted by Gasteiger charge is 2.01. The molecule has 0 aliphatic heterocycles. The summed E-state index contributed by atoms with van der Waals surface area (Å²) in [5.74, 6) is 0.309. The lowest BCUT2D eigenvalue weighted by molar-refractivity contribution is -0.137. The lowest BCUT2D eigenvalue weighted by Gasteiger charge is -2.02. The number of ether oxygens (including phenoxy) is 1. The Hall–Kier alpha value is -0.640. The van der Waals surface area contributed by atoms with Crippen molar-refractivity contribution in [1.29, 1.82) is 0 Å². The van der Waals surface area contributed by atoms with Crippen LogP contribution < -0.4 is 0 Å². The van der Waals surface area contributed by atoms with Crippen molar-refractivity contribution in [1.82, 2.24) is 0 Å². The highest BCUT2D eigenvalue weighted by Crippen LogP contribution is 2.29. The van der Waals surface area contributed by atoms with Gasteiger partial charge >= 0.3 is 5.97 Å². The Balaban J connectivity index is 2.45. The number of halogens is 2. The zero-order chi connectivity index (χ0) is 12.7. The molecule has 1 rings (SSSR count). The van der Waals surface area contributed by atoms with E-state index < -0.39 is 0 Å². The van der Waals surface area contributed by atoms with Gasteiger partial charge in [0.15, 0.2) is 0 Å². The largest absolute Gasteiger partial charge is 0.463 e. The van der Waals surface area contributed by atoms with Gasteiger partial charge in [0, 0.05) is 21.7 Å². The SMILES string of the molecule is CCOC(=O)/C=C/CSc1cc(Cl)ccc1Cl. The van der Waals surface area contributed by atoms with E-state index in [4.69, 9.17) is 27.9 Å². The smallest absolute Gasteiger partial charge is 0.330 e. The average Bonchev–Trinajstić information content (AvgIpc) is 2.29. The van der Waals surface area contributed by atoms with Gasteiger partial charge in [-0.3, -0.25) is 0 Å². The lowest BCUT2D eigenvalue weighted by atomic mass is 10.4. The van der Waals surface area contributed by atoms with Crippen molar-refractivity contribution in [3.63, 3.8) is 0 Å². The van der Waals surface area contributed by atoms with Crippen molar-refractivity contribution in [3.05, 3.63) is 40.4 Å². The number of thioether (sulfide) groups is 1. The Morgan fingerprint density at radius 1 is 1.47 bits per heavy atom. The van der Waals surface area contributed by atoms with Crippen molar-refractivity contribution in [2.75, 3.05) is 12.4 Å². The summed E-state index contributed by atoms with van der Waals surface area (Å²) >= 11 is 13.4. The van der Waals surface area contributed by atoms with Crippen LogP contribution in [-0.2, 0) is 9.53 Å². The van der Waals surface area contributed by atoms with E-state index in [1.807, 2.05) is 0 Å². The minimum Gasteiger partial charge on any atom is -0.463 e. The van der Waals surface area contributed by atoms with Gasteiger partial charge in [-0.25, -0.2) is 4.79 Å². The highest BCUT2D eigenvalue weighted by atomic mass is 35.5. The number of hydrogen-bond acceptors (Lipinski definition) is 3. The van der Waals surface area contributed by atoms with Crippen molar-refractivity contribution in [2.24, 2.45) is 0 Å². The van der Waals surface area contributed by atoms with Crippen molar-refractivity contribution in [2.45, 2.75) is 11.8 Å². The van der Waals surface area contributed by atoms with E-state index in [-0.39, 0.29) is 5.97 Å². The summed E-state index contributed by atoms with van der Waals surface area (Å²) in [4.78, 5) is 11.9. The molecule has 0 saturated carbocycles. The van der Waals surface area contributed by atoms with E-state index in [2.05, 4.69) is 0 Å². The molecule has 0 amide bonds. The quantitative estimate of drug-likeness (QED) is 0.462. The van der Waals surface area contributed by atoms with Crippen LogP contribution >= 0.6 is 35.0 Å². The van der Waals surface area contributed by atoms with Crippen molar-refractivity contribution in [3.8, 4) is 0 Å². The predicted molar refractivity (Wildman–Crippen MR) is 73.0 cm³/mol. The summed E-state index contributed by atoms with van der Waals surface area (Å²) in [6.45, 7) is 2.16. The zero-order valence-electron chi connectivity index (χ0n) is 9.28. The maximum Gasteiger partial charge on any atom is 0.330 e. The molecule has 0 aliphatic rings. The summed E-state index contributed by atoms with van der Waals surface area (Å²) in [5, 5.41) is 1.30. The van der Waals surface area contributed by atoms with E-state index in [1.165, 1.54) is 17.8 Å². The Morgan fingerprint density at radius 3 is 2.94 bits per heavy atom. The molecule has 1 aromatic carbocycles. The number of carbonyl (C=O) groups is 1. The van der Waals surface area contributed by atoms with E-state index in [0.717, 1.165) is 4.90 Å². The van der Waals surface area contributed by atoms with Gasteiger partial charge in [0.05, 0.1) is 11.6 Å². The van der Waals surface area contributed by atoms with Crippen LogP contribution in [0.15, 0.2) is 35.2 Å². The monoisotopic (exact) mass is 290 g/mol. The van der Waals surface area contributed by atoms with Crippen LogP contribution in [0.4, 0.5) is 0 Å². The van der Waals surface area contributed by atoms with Crippen molar-refractivity contribution >= 4 is 40.9 Å². The molecule has 0 N–H and O–H groups in total. The van der Waals surface area contributed by atoms with Crippen LogP contribution in [0, 0.1) is 0 Å². The van der Waals surface area contributed by atoms with Gasteiger partial charge < -0.3 is 4.74 Å². The maximum absolute atomic E-state index is 11.0. The summed E-state index contributed by atoms with van der Waals surface area (Å²) < 4.78 is 4.75. The first-order valence-electron chi connectivity index (χ1n) is 5.04. The van der Waals surface area contributed by atoms with Crippen LogP contribution in [0.1, 0.15) is 6.92 Å². The standard InChI is InChI=1S/C12H12Cl2O2S/c1-2-16-12(15)4-3-7-17-11-8-9(13)5-6-10(11)14/h3-6,8H,2,7H2,1H3/b4-3+. The first kappa shape index (κ1) is 14.4. The van der Waals surface area contributed by atoms with Gasteiger partial charge in [-0.05, 0) is 25.1 Å². The van der Waals surface area contributed by atoms with Gasteiger partial charge in [-0.2, -0.15) is 0 Å². The van der Waals surface area contributed by atoms with Gasteiger partial charge in [-0.15, -0.1) is 11.8 Å².